The summed E-state index contributed by atoms with van der Waals surface area (Å²) in [5, 5.41) is 0.544. The van der Waals surface area contributed by atoms with Gasteiger partial charge < -0.3 is 9.32 Å². The fourth-order valence-electron chi connectivity index (χ4n) is 4.07. The number of aromatic nitrogens is 2. The van der Waals surface area contributed by atoms with E-state index in [1.165, 1.54) is 0 Å². The zero-order chi connectivity index (χ0) is 22.8. The quantitative estimate of drug-likeness (QED) is 0.428. The highest BCUT2D eigenvalue weighted by atomic mass is 16.3. The van der Waals surface area contributed by atoms with E-state index in [0.717, 1.165) is 16.8 Å². The topological polar surface area (TPSA) is 68.3 Å². The molecule has 164 valence electrons. The molecule has 1 atom stereocenters. The monoisotopic (exact) mass is 429 g/mol. The Balaban J connectivity index is 1.95. The molecule has 4 rings (SSSR count). The minimum Gasteiger partial charge on any atom is -0.467 e. The third kappa shape index (κ3) is 3.96. The first-order valence-corrected chi connectivity index (χ1v) is 10.8. The molecule has 2 heterocycles. The third-order valence-corrected chi connectivity index (χ3v) is 5.77. The van der Waals surface area contributed by atoms with Gasteiger partial charge in [-0.2, -0.15) is 0 Å². The summed E-state index contributed by atoms with van der Waals surface area (Å²) in [6, 6.07) is 16.5. The summed E-state index contributed by atoms with van der Waals surface area (Å²) in [6.07, 6.45) is 1.93. The van der Waals surface area contributed by atoms with Gasteiger partial charge in [-0.1, -0.05) is 36.8 Å². The molecule has 4 aromatic rings. The first-order chi connectivity index (χ1) is 15.4. The Kier molecular flexibility index (Phi) is 5.95. The number of hydrogen-bond donors (Lipinski definition) is 0. The molecule has 32 heavy (non-hydrogen) atoms. The minimum atomic E-state index is -0.453. The average Bonchev–Trinajstić information content (AvgIpc) is 3.30. The SMILES string of the molecule is CCC(=O)N(Cc1ccco1)C(C)c1nc2ccccc2c(=O)n1-c1ccc(C)cc1C. The van der Waals surface area contributed by atoms with Crippen LogP contribution in [0, 0.1) is 13.8 Å². The van der Waals surface area contributed by atoms with Crippen LogP contribution in [0.1, 0.15) is 49.0 Å². The van der Waals surface area contributed by atoms with E-state index in [9.17, 15) is 9.59 Å². The lowest BCUT2D eigenvalue weighted by Gasteiger charge is -2.30. The molecule has 2 aromatic heterocycles. The highest BCUT2D eigenvalue weighted by Crippen LogP contribution is 2.26. The number of benzene rings is 2. The molecular formula is C26H27N3O3. The third-order valence-electron chi connectivity index (χ3n) is 5.77. The van der Waals surface area contributed by atoms with Gasteiger partial charge in [0.25, 0.3) is 5.56 Å². The van der Waals surface area contributed by atoms with E-state index in [4.69, 9.17) is 9.40 Å². The van der Waals surface area contributed by atoms with Crippen LogP contribution in [0.4, 0.5) is 0 Å². The molecule has 0 aliphatic heterocycles. The first-order valence-electron chi connectivity index (χ1n) is 10.8. The van der Waals surface area contributed by atoms with Crippen molar-refractivity contribution in [3.05, 3.63) is 93.9 Å². The van der Waals surface area contributed by atoms with Crippen LogP contribution in [-0.4, -0.2) is 20.4 Å². The summed E-state index contributed by atoms with van der Waals surface area (Å²) < 4.78 is 7.16. The fourth-order valence-corrected chi connectivity index (χ4v) is 4.07. The normalized spacial score (nSPS) is 12.1. The highest BCUT2D eigenvalue weighted by Gasteiger charge is 2.27. The summed E-state index contributed by atoms with van der Waals surface area (Å²) in [5.74, 6) is 1.16. The van der Waals surface area contributed by atoms with Crippen LogP contribution in [0.15, 0.2) is 70.1 Å². The molecule has 0 radical (unpaired) electrons. The zero-order valence-electron chi connectivity index (χ0n) is 18.8. The van der Waals surface area contributed by atoms with E-state index in [1.54, 1.807) is 27.9 Å². The Bertz CT molecular complexity index is 1320. The Morgan fingerprint density at radius 2 is 1.91 bits per heavy atom. The Morgan fingerprint density at radius 1 is 1.12 bits per heavy atom. The van der Waals surface area contributed by atoms with Crippen LogP contribution >= 0.6 is 0 Å². The van der Waals surface area contributed by atoms with Crippen LogP contribution in [0.5, 0.6) is 0 Å². The molecule has 0 spiro atoms. The molecule has 0 aliphatic carbocycles. The standard InChI is InChI=1S/C26H27N3O3/c1-5-24(30)28(16-20-9-8-14-32-20)19(4)25-27-22-11-7-6-10-21(22)26(31)29(25)23-13-12-17(2)15-18(23)3/h6-15,19H,5,16H2,1-4H3. The number of furan rings is 1. The first kappa shape index (κ1) is 21.6. The summed E-state index contributed by atoms with van der Waals surface area (Å²) in [7, 11) is 0. The minimum absolute atomic E-state index is 0.0384. The lowest BCUT2D eigenvalue weighted by atomic mass is 10.1. The van der Waals surface area contributed by atoms with E-state index in [-0.39, 0.29) is 11.5 Å². The van der Waals surface area contributed by atoms with Gasteiger partial charge in [0.1, 0.15) is 11.6 Å². The van der Waals surface area contributed by atoms with Crippen molar-refractivity contribution in [2.24, 2.45) is 0 Å². The lowest BCUT2D eigenvalue weighted by Crippen LogP contribution is -2.36. The van der Waals surface area contributed by atoms with Crippen molar-refractivity contribution < 1.29 is 9.21 Å². The molecule has 0 fully saturated rings. The Labute approximate surface area is 187 Å². The number of para-hydroxylation sites is 1. The second kappa shape index (κ2) is 8.83. The number of carbonyl (C=O) groups excluding carboxylic acids is 1. The Hall–Kier alpha value is -3.67. The van der Waals surface area contributed by atoms with Crippen LogP contribution < -0.4 is 5.56 Å². The van der Waals surface area contributed by atoms with Crippen molar-refractivity contribution in [3.8, 4) is 5.69 Å². The van der Waals surface area contributed by atoms with Gasteiger partial charge in [-0.25, -0.2) is 4.98 Å². The van der Waals surface area contributed by atoms with Crippen molar-refractivity contribution in [1.29, 1.82) is 0 Å². The van der Waals surface area contributed by atoms with Crippen molar-refractivity contribution in [2.45, 2.75) is 46.7 Å². The molecule has 0 saturated heterocycles. The van der Waals surface area contributed by atoms with Crippen molar-refractivity contribution in [2.75, 3.05) is 0 Å². The van der Waals surface area contributed by atoms with Gasteiger partial charge in [0.15, 0.2) is 0 Å². The van der Waals surface area contributed by atoms with Crippen LogP contribution in [0.2, 0.25) is 0 Å². The van der Waals surface area contributed by atoms with Crippen LogP contribution in [0.25, 0.3) is 16.6 Å². The molecule has 2 aromatic carbocycles. The number of aryl methyl sites for hydroxylation is 2. The van der Waals surface area contributed by atoms with Crippen LogP contribution in [0.3, 0.4) is 0 Å². The molecule has 0 aliphatic rings. The summed E-state index contributed by atoms with van der Waals surface area (Å²) in [4.78, 5) is 33.2. The average molecular weight is 430 g/mol. The van der Waals surface area contributed by atoms with Crippen LogP contribution in [-0.2, 0) is 11.3 Å². The van der Waals surface area contributed by atoms with Gasteiger partial charge in [0.05, 0.1) is 35.4 Å². The Morgan fingerprint density at radius 3 is 2.59 bits per heavy atom. The molecular weight excluding hydrogens is 402 g/mol. The molecule has 6 nitrogen and oxygen atoms in total. The van der Waals surface area contributed by atoms with E-state index >= 15 is 0 Å². The van der Waals surface area contributed by atoms with Gasteiger partial charge in [-0.15, -0.1) is 0 Å². The maximum absolute atomic E-state index is 13.7. The van der Waals surface area contributed by atoms with Gasteiger partial charge in [0.2, 0.25) is 5.91 Å². The zero-order valence-corrected chi connectivity index (χ0v) is 18.8. The predicted octanol–water partition coefficient (Wildman–Crippen LogP) is 5.10. The van der Waals surface area contributed by atoms with Gasteiger partial charge in [0, 0.05) is 6.42 Å². The number of fused-ring (bicyclic) bond motifs is 1. The summed E-state index contributed by atoms with van der Waals surface area (Å²) in [6.45, 7) is 8.04. The second-order valence-corrected chi connectivity index (χ2v) is 8.05. The van der Waals surface area contributed by atoms with E-state index < -0.39 is 6.04 Å². The van der Waals surface area contributed by atoms with E-state index in [0.29, 0.717) is 35.5 Å². The second-order valence-electron chi connectivity index (χ2n) is 8.05. The van der Waals surface area contributed by atoms with Crippen molar-refractivity contribution >= 4 is 16.8 Å². The maximum Gasteiger partial charge on any atom is 0.266 e. The molecule has 0 N–H and O–H groups in total. The van der Waals surface area contributed by atoms with Gasteiger partial charge >= 0.3 is 0 Å². The summed E-state index contributed by atoms with van der Waals surface area (Å²) in [5.41, 5.74) is 3.32. The van der Waals surface area contributed by atoms with Crippen molar-refractivity contribution in [3.63, 3.8) is 0 Å². The molecule has 1 unspecified atom stereocenters. The van der Waals surface area contributed by atoms with E-state index in [2.05, 4.69) is 0 Å². The van der Waals surface area contributed by atoms with Gasteiger partial charge in [-0.05, 0) is 56.7 Å². The molecule has 0 saturated carbocycles. The lowest BCUT2D eigenvalue weighted by molar-refractivity contribution is -0.134. The number of amides is 1. The smallest absolute Gasteiger partial charge is 0.266 e. The van der Waals surface area contributed by atoms with E-state index in [1.807, 2.05) is 70.2 Å². The fraction of sp³-hybridized carbons (Fsp3) is 0.269. The van der Waals surface area contributed by atoms with Crippen molar-refractivity contribution in [1.82, 2.24) is 14.5 Å². The highest BCUT2D eigenvalue weighted by molar-refractivity contribution is 5.79. The number of nitrogens with zero attached hydrogens (tertiary/aromatic N) is 3. The largest absolute Gasteiger partial charge is 0.467 e. The summed E-state index contributed by atoms with van der Waals surface area (Å²) >= 11 is 0. The predicted molar refractivity (Wildman–Crippen MR) is 125 cm³/mol. The molecule has 6 heteroatoms. The van der Waals surface area contributed by atoms with Gasteiger partial charge in [-0.3, -0.25) is 14.2 Å². The molecule has 0 bridgehead atoms. The molecule has 1 amide bonds. The number of hydrogen-bond acceptors (Lipinski definition) is 4. The number of rotatable bonds is 6. The maximum atomic E-state index is 13.7. The number of carbonyl (C=O) groups is 1.